The number of nitrogens with one attached hydrogen (secondary N) is 1. The summed E-state index contributed by atoms with van der Waals surface area (Å²) in [6.07, 6.45) is 2.17. The molecule has 2 heterocycles. The quantitative estimate of drug-likeness (QED) is 0.553. The monoisotopic (exact) mass is 583 g/mol. The predicted molar refractivity (Wildman–Crippen MR) is 143 cm³/mol. The fourth-order valence-corrected chi connectivity index (χ4v) is 10.9. The number of aliphatic hydroxyl groups is 1. The Balaban J connectivity index is 1.21. The van der Waals surface area contributed by atoms with E-state index in [0.29, 0.717) is 35.2 Å². The average molecular weight is 584 g/mol. The van der Waals surface area contributed by atoms with Gasteiger partial charge in [0.05, 0.1) is 11.4 Å². The number of carbonyl (C=O) groups excluding carboxylic acids is 1. The Bertz CT molecular complexity index is 1800. The van der Waals surface area contributed by atoms with Gasteiger partial charge in [-0.15, -0.1) is 4.40 Å². The number of halogens is 1. The summed E-state index contributed by atoms with van der Waals surface area (Å²) in [5.41, 5.74) is 1.04. The van der Waals surface area contributed by atoms with Crippen LogP contribution in [-0.2, 0) is 37.0 Å². The molecule has 9 nitrogen and oxygen atoms in total. The number of benzene rings is 2. The minimum Gasteiger partial charge on any atom is -0.511 e. The number of carbonyl (C=O) groups is 1. The molecule has 12 heteroatoms. The normalized spacial score (nSPS) is 35.8. The first-order valence-electron chi connectivity index (χ1n) is 13.3. The first-order chi connectivity index (χ1) is 18.9. The number of aliphatic hydroxyl groups excluding tert-OH is 1. The van der Waals surface area contributed by atoms with Gasteiger partial charge < -0.3 is 15.3 Å². The van der Waals surface area contributed by atoms with Crippen molar-refractivity contribution in [1.29, 1.82) is 0 Å². The van der Waals surface area contributed by atoms with Crippen LogP contribution in [0.2, 0.25) is 0 Å². The standard InChI is InChI=1S/C28H26FN3O6S2/c1-39(35,36)11-13-4-7-17-18(8-13)40(37,38)31-27(30-17)24-26(33)23-21-16-9-15-19(21)20(15)22(16)25(23)32(28(24)34)10-12-2-5-14(29)6-3-12/h2-8,15-16,19-23,25,33H,9-11H2,1H3,(H,30,31)/t15?,16?,19?,20?,21?,22?,23-,25+/m1/s1. The molecule has 8 atom stereocenters. The molecule has 5 aliphatic carbocycles. The zero-order valence-electron chi connectivity index (χ0n) is 21.4. The minimum absolute atomic E-state index is 0.104. The van der Waals surface area contributed by atoms with E-state index >= 15 is 0 Å². The molecule has 0 saturated heterocycles. The highest BCUT2D eigenvalue weighted by Gasteiger charge is 2.82. The third-order valence-corrected chi connectivity index (χ3v) is 12.2. The summed E-state index contributed by atoms with van der Waals surface area (Å²) in [6, 6.07) is 9.99. The molecule has 7 aliphatic rings. The molecule has 2 aromatic rings. The van der Waals surface area contributed by atoms with Crippen molar-refractivity contribution in [3.8, 4) is 0 Å². The third-order valence-electron chi connectivity index (χ3n) is 10.0. The van der Waals surface area contributed by atoms with Crippen molar-refractivity contribution in [2.45, 2.75) is 29.7 Å². The zero-order valence-corrected chi connectivity index (χ0v) is 23.0. The summed E-state index contributed by atoms with van der Waals surface area (Å²) < 4.78 is 67.6. The molecule has 2 N–H and O–H groups in total. The minimum atomic E-state index is -4.31. The summed E-state index contributed by atoms with van der Waals surface area (Å²) in [4.78, 5) is 15.7. The van der Waals surface area contributed by atoms with Crippen LogP contribution in [0.1, 0.15) is 17.5 Å². The molecule has 2 aromatic carbocycles. The van der Waals surface area contributed by atoms with Crippen LogP contribution in [0.4, 0.5) is 10.1 Å². The zero-order chi connectivity index (χ0) is 27.9. The fourth-order valence-electron chi connectivity index (χ4n) is 8.93. The number of rotatable bonds is 5. The summed E-state index contributed by atoms with van der Waals surface area (Å²) in [5, 5.41) is 14.6. The maximum atomic E-state index is 14.2. The topological polar surface area (TPSA) is 133 Å². The van der Waals surface area contributed by atoms with Gasteiger partial charge in [-0.2, -0.15) is 8.42 Å². The largest absolute Gasteiger partial charge is 0.511 e. The SMILES string of the molecule is CS(=O)(=O)Cc1ccc2c(c1)S(=O)(=O)N=C(C1=C(O)[C@@H]3C4C5CC6C4C6C5[C@@H]3N(Cc3ccc(F)cc3)C1=O)N2. The van der Waals surface area contributed by atoms with Crippen LogP contribution in [0, 0.1) is 47.2 Å². The van der Waals surface area contributed by atoms with Crippen molar-refractivity contribution in [2.75, 3.05) is 11.6 Å². The Morgan fingerprint density at radius 1 is 1.05 bits per heavy atom. The number of sulfone groups is 1. The molecule has 0 radical (unpaired) electrons. The van der Waals surface area contributed by atoms with Crippen molar-refractivity contribution >= 4 is 37.3 Å². The third kappa shape index (κ3) is 3.29. The van der Waals surface area contributed by atoms with E-state index < -0.39 is 25.8 Å². The Hall–Kier alpha value is -3.25. The first-order valence-corrected chi connectivity index (χ1v) is 16.8. The van der Waals surface area contributed by atoms with Crippen LogP contribution in [0.5, 0.6) is 0 Å². The Morgan fingerprint density at radius 3 is 2.42 bits per heavy atom. The fraction of sp³-hybridized carbons (Fsp3) is 0.429. The van der Waals surface area contributed by atoms with Crippen LogP contribution in [-0.4, -0.2) is 50.9 Å². The van der Waals surface area contributed by atoms with E-state index in [-0.39, 0.29) is 63.7 Å². The summed E-state index contributed by atoms with van der Waals surface area (Å²) in [7, 11) is -7.71. The van der Waals surface area contributed by atoms with Gasteiger partial charge in [-0.25, -0.2) is 12.8 Å². The molecule has 5 fully saturated rings. The molecule has 208 valence electrons. The Labute approximate surface area is 230 Å². The van der Waals surface area contributed by atoms with E-state index in [9.17, 15) is 31.1 Å². The molecule has 0 aromatic heterocycles. The van der Waals surface area contributed by atoms with Gasteiger partial charge in [-0.1, -0.05) is 18.2 Å². The van der Waals surface area contributed by atoms with Crippen molar-refractivity contribution in [3.63, 3.8) is 0 Å². The summed E-state index contributed by atoms with van der Waals surface area (Å²) in [6.45, 7) is 0.209. The van der Waals surface area contributed by atoms with Gasteiger partial charge in [0.15, 0.2) is 15.7 Å². The van der Waals surface area contributed by atoms with E-state index in [1.54, 1.807) is 17.0 Å². The number of anilines is 1. The lowest BCUT2D eigenvalue weighted by molar-refractivity contribution is -0.134. The van der Waals surface area contributed by atoms with Crippen LogP contribution >= 0.6 is 0 Å². The highest BCUT2D eigenvalue weighted by Crippen LogP contribution is 2.83. The van der Waals surface area contributed by atoms with Gasteiger partial charge in [0.1, 0.15) is 22.0 Å². The summed E-state index contributed by atoms with van der Waals surface area (Å²) >= 11 is 0. The van der Waals surface area contributed by atoms with Gasteiger partial charge >= 0.3 is 0 Å². The molecular formula is C28H26FN3O6S2. The highest BCUT2D eigenvalue weighted by atomic mass is 32.2. The molecule has 2 aliphatic heterocycles. The van der Waals surface area contributed by atoms with Gasteiger partial charge in [0.2, 0.25) is 0 Å². The van der Waals surface area contributed by atoms with Crippen LogP contribution in [0.15, 0.2) is 63.1 Å². The maximum absolute atomic E-state index is 14.2. The van der Waals surface area contributed by atoms with E-state index in [4.69, 9.17) is 0 Å². The number of sulfonamides is 1. The lowest BCUT2D eigenvalue weighted by atomic mass is 9.77. The van der Waals surface area contributed by atoms with Crippen molar-refractivity contribution < 1.29 is 31.1 Å². The van der Waals surface area contributed by atoms with Crippen molar-refractivity contribution in [3.05, 3.63) is 70.7 Å². The van der Waals surface area contributed by atoms with Crippen LogP contribution in [0.3, 0.4) is 0 Å². The van der Waals surface area contributed by atoms with Crippen LogP contribution in [0.25, 0.3) is 0 Å². The Morgan fingerprint density at radius 2 is 1.73 bits per heavy atom. The van der Waals surface area contributed by atoms with E-state index in [1.165, 1.54) is 30.3 Å². The summed E-state index contributed by atoms with van der Waals surface area (Å²) in [5.74, 6) is 0.873. The van der Waals surface area contributed by atoms with E-state index in [2.05, 4.69) is 9.71 Å². The van der Waals surface area contributed by atoms with Gasteiger partial charge in [0, 0.05) is 24.8 Å². The van der Waals surface area contributed by atoms with Gasteiger partial charge in [-0.05, 0) is 77.3 Å². The number of fused-ring (bicyclic) bond motifs is 2. The lowest BCUT2D eigenvalue weighted by Gasteiger charge is -2.44. The van der Waals surface area contributed by atoms with Crippen LogP contribution < -0.4 is 5.32 Å². The van der Waals surface area contributed by atoms with Gasteiger partial charge in [0.25, 0.3) is 15.9 Å². The molecule has 0 spiro atoms. The van der Waals surface area contributed by atoms with E-state index in [1.807, 2.05) is 0 Å². The average Bonchev–Trinajstić information content (AvgIpc) is 3.18. The maximum Gasteiger partial charge on any atom is 0.286 e. The second-order valence-corrected chi connectivity index (χ2v) is 15.9. The number of hydrogen-bond acceptors (Lipinski definition) is 7. The molecule has 6 unspecified atom stereocenters. The number of hydrogen-bond donors (Lipinski definition) is 2. The van der Waals surface area contributed by atoms with Crippen molar-refractivity contribution in [2.24, 2.45) is 45.8 Å². The smallest absolute Gasteiger partial charge is 0.286 e. The lowest BCUT2D eigenvalue weighted by Crippen LogP contribution is -2.54. The Kier molecular flexibility index (Phi) is 4.74. The van der Waals surface area contributed by atoms with Gasteiger partial charge in [-0.3, -0.25) is 4.79 Å². The number of amidine groups is 1. The van der Waals surface area contributed by atoms with Crippen molar-refractivity contribution in [1.82, 2.24) is 4.90 Å². The first kappa shape index (κ1) is 24.5. The highest BCUT2D eigenvalue weighted by molar-refractivity contribution is 7.90. The molecule has 1 amide bonds. The second kappa shape index (κ2) is 7.73. The number of nitrogens with zero attached hydrogens (tertiary/aromatic N) is 2. The molecule has 40 heavy (non-hydrogen) atoms. The molecule has 6 bridgehead atoms. The predicted octanol–water partition coefficient (Wildman–Crippen LogP) is 2.86. The van der Waals surface area contributed by atoms with E-state index in [0.717, 1.165) is 18.2 Å². The molecule has 9 rings (SSSR count). The molecular weight excluding hydrogens is 557 g/mol. The second-order valence-electron chi connectivity index (χ2n) is 12.1. The molecule has 5 saturated carbocycles. The number of amides is 1.